The second-order valence-electron chi connectivity index (χ2n) is 8.48. The predicted octanol–water partition coefficient (Wildman–Crippen LogP) is 3.55. The normalized spacial score (nSPS) is 10.4. The molecule has 0 aliphatic heterocycles. The van der Waals surface area contributed by atoms with Crippen LogP contribution in [0.25, 0.3) is 10.8 Å². The fourth-order valence-electron chi connectivity index (χ4n) is 4.10. The van der Waals surface area contributed by atoms with Crippen LogP contribution in [0.2, 0.25) is 0 Å². The maximum atomic E-state index is 14.6. The minimum absolute atomic E-state index is 0.0756. The van der Waals surface area contributed by atoms with Gasteiger partial charge in [-0.3, -0.25) is 9.59 Å². The Hall–Kier alpha value is -5.02. The summed E-state index contributed by atoms with van der Waals surface area (Å²) >= 11 is 0. The molecule has 2 aromatic heterocycles. The van der Waals surface area contributed by atoms with Crippen LogP contribution >= 0.6 is 0 Å². The van der Waals surface area contributed by atoms with E-state index in [0.717, 1.165) is 5.56 Å². The monoisotopic (exact) mass is 508 g/mol. The van der Waals surface area contributed by atoms with E-state index in [1.54, 1.807) is 37.3 Å². The van der Waals surface area contributed by atoms with Crippen molar-refractivity contribution in [1.29, 1.82) is 5.26 Å². The summed E-state index contributed by atoms with van der Waals surface area (Å²) < 4.78 is 14.6. The van der Waals surface area contributed by atoms with Crippen LogP contribution in [0.3, 0.4) is 0 Å². The third kappa shape index (κ3) is 5.85. The van der Waals surface area contributed by atoms with Crippen LogP contribution in [0, 0.1) is 29.0 Å². The number of carbonyl (C=O) groups is 1. The van der Waals surface area contributed by atoms with Gasteiger partial charge < -0.3 is 10.2 Å². The highest BCUT2D eigenvalue weighted by atomic mass is 19.1. The summed E-state index contributed by atoms with van der Waals surface area (Å²) in [5, 5.41) is 19.6. The number of amides is 1. The van der Waals surface area contributed by atoms with Crippen molar-refractivity contribution in [2.45, 2.75) is 20.3 Å². The quantitative estimate of drug-likeness (QED) is 0.352. The van der Waals surface area contributed by atoms with Crippen molar-refractivity contribution in [3.8, 4) is 17.9 Å². The number of nitrogens with zero attached hydrogens (tertiary/aromatic N) is 4. The average molecular weight is 509 g/mol. The van der Waals surface area contributed by atoms with Crippen molar-refractivity contribution in [2.24, 2.45) is 0 Å². The number of hydrogen-bond donors (Lipinski definition) is 2. The molecule has 0 atom stereocenters. The van der Waals surface area contributed by atoms with E-state index in [0.29, 0.717) is 46.5 Å². The molecule has 0 radical (unpaired) electrons. The number of benzene rings is 2. The summed E-state index contributed by atoms with van der Waals surface area (Å²) in [7, 11) is 0. The lowest BCUT2D eigenvalue weighted by molar-refractivity contribution is 0.0950. The Balaban J connectivity index is 1.49. The van der Waals surface area contributed by atoms with Crippen molar-refractivity contribution >= 4 is 22.5 Å². The van der Waals surface area contributed by atoms with E-state index in [1.807, 2.05) is 24.0 Å². The number of aromatic nitrogens is 3. The number of likely N-dealkylation sites (N-methyl/N-ethyl adjacent to an activating group) is 1. The number of H-pyrrole nitrogens is 1. The minimum Gasteiger partial charge on any atom is -0.355 e. The summed E-state index contributed by atoms with van der Waals surface area (Å²) in [5.41, 5.74) is 2.09. The van der Waals surface area contributed by atoms with Gasteiger partial charge in [-0.15, -0.1) is 5.92 Å². The second-order valence-corrected chi connectivity index (χ2v) is 8.48. The van der Waals surface area contributed by atoms with Gasteiger partial charge in [-0.25, -0.2) is 14.5 Å². The van der Waals surface area contributed by atoms with E-state index < -0.39 is 11.7 Å². The van der Waals surface area contributed by atoms with E-state index in [2.05, 4.69) is 32.3 Å². The van der Waals surface area contributed by atoms with Gasteiger partial charge in [0.1, 0.15) is 17.7 Å². The van der Waals surface area contributed by atoms with Crippen molar-refractivity contribution in [2.75, 3.05) is 24.5 Å². The number of anilines is 1. The molecule has 2 heterocycles. The van der Waals surface area contributed by atoms with Gasteiger partial charge >= 0.3 is 0 Å². The highest BCUT2D eigenvalue weighted by molar-refractivity contribution is 5.94. The number of nitrogens with one attached hydrogen (secondary N) is 2. The molecule has 1 amide bonds. The number of fused-ring (bicyclic) bond motifs is 1. The highest BCUT2D eigenvalue weighted by Gasteiger charge is 2.15. The molecule has 190 valence electrons. The Morgan fingerprint density at radius 1 is 1.13 bits per heavy atom. The molecular formula is C29H25FN6O2. The fourth-order valence-corrected chi connectivity index (χ4v) is 4.10. The topological polar surface area (TPSA) is 115 Å². The summed E-state index contributed by atoms with van der Waals surface area (Å²) in [6.07, 6.45) is 1.78. The number of rotatable bonds is 8. The molecule has 9 heteroatoms. The van der Waals surface area contributed by atoms with Crippen molar-refractivity contribution in [3.63, 3.8) is 0 Å². The molecular weight excluding hydrogens is 483 g/mol. The van der Waals surface area contributed by atoms with E-state index in [9.17, 15) is 14.0 Å². The van der Waals surface area contributed by atoms with Gasteiger partial charge in [0.05, 0.1) is 22.2 Å². The summed E-state index contributed by atoms with van der Waals surface area (Å²) in [6.45, 7) is 5.06. The highest BCUT2D eigenvalue weighted by Crippen LogP contribution is 2.20. The van der Waals surface area contributed by atoms with E-state index in [4.69, 9.17) is 5.26 Å². The zero-order valence-corrected chi connectivity index (χ0v) is 21.0. The van der Waals surface area contributed by atoms with Gasteiger partial charge in [-0.1, -0.05) is 12.0 Å². The third-order valence-electron chi connectivity index (χ3n) is 6.03. The van der Waals surface area contributed by atoms with E-state index >= 15 is 0 Å². The second kappa shape index (κ2) is 11.8. The Bertz CT molecular complexity index is 1640. The molecule has 0 spiro atoms. The SMILES string of the molecule is CC#Cc1ccc2c(=O)[nH]nc(Cc3ccc(F)c(C(=O)NCCN(CC)c4ccc(C#N)cn4)c3)c2c1. The molecule has 0 bridgehead atoms. The first-order valence-electron chi connectivity index (χ1n) is 12.0. The lowest BCUT2D eigenvalue weighted by Gasteiger charge is -2.22. The molecule has 0 aliphatic carbocycles. The number of nitriles is 1. The molecule has 0 saturated carbocycles. The maximum absolute atomic E-state index is 14.6. The molecule has 0 fully saturated rings. The van der Waals surface area contributed by atoms with Crippen LogP contribution < -0.4 is 15.8 Å². The van der Waals surface area contributed by atoms with Crippen molar-refractivity contribution in [1.82, 2.24) is 20.5 Å². The van der Waals surface area contributed by atoms with Crippen LogP contribution in [0.5, 0.6) is 0 Å². The molecule has 8 nitrogen and oxygen atoms in total. The number of hydrogen-bond acceptors (Lipinski definition) is 6. The smallest absolute Gasteiger partial charge is 0.272 e. The van der Waals surface area contributed by atoms with Crippen LogP contribution in [0.15, 0.2) is 59.5 Å². The van der Waals surface area contributed by atoms with Gasteiger partial charge in [0, 0.05) is 43.2 Å². The molecule has 2 N–H and O–H groups in total. The Morgan fingerprint density at radius 3 is 2.66 bits per heavy atom. The van der Waals surface area contributed by atoms with Gasteiger partial charge in [0.15, 0.2) is 0 Å². The number of carbonyl (C=O) groups excluding carboxylic acids is 1. The molecule has 0 saturated heterocycles. The molecule has 0 unspecified atom stereocenters. The predicted molar refractivity (Wildman–Crippen MR) is 143 cm³/mol. The lowest BCUT2D eigenvalue weighted by atomic mass is 10.0. The molecule has 2 aromatic carbocycles. The molecule has 0 aliphatic rings. The first kappa shape index (κ1) is 26.1. The largest absolute Gasteiger partial charge is 0.355 e. The lowest BCUT2D eigenvalue weighted by Crippen LogP contribution is -2.35. The van der Waals surface area contributed by atoms with Crippen molar-refractivity contribution < 1.29 is 9.18 Å². The number of aromatic amines is 1. The molecule has 38 heavy (non-hydrogen) atoms. The number of pyridine rings is 1. The average Bonchev–Trinajstić information content (AvgIpc) is 2.94. The first-order valence-corrected chi connectivity index (χ1v) is 12.0. The minimum atomic E-state index is -0.632. The zero-order valence-electron chi connectivity index (χ0n) is 21.0. The van der Waals surface area contributed by atoms with Crippen LogP contribution in [0.1, 0.15) is 46.6 Å². The standard InChI is InChI=1S/C29H25FN6O2/c1-3-5-19-6-9-22-23(14-19)26(34-35-29(22)38)16-20-7-10-25(30)24(15-20)28(37)32-12-13-36(4-2)27-11-8-21(17-31)18-33-27/h6-11,14-15,18H,4,12-13,16H2,1-2H3,(H,32,37)(H,35,38). The summed E-state index contributed by atoms with van der Waals surface area (Å²) in [5.74, 6) is 5.33. The van der Waals surface area contributed by atoms with E-state index in [-0.39, 0.29) is 24.1 Å². The maximum Gasteiger partial charge on any atom is 0.272 e. The Labute approximate surface area is 219 Å². The van der Waals surface area contributed by atoms with Gasteiger partial charge in [-0.05, 0) is 61.9 Å². The molecule has 4 aromatic rings. The summed E-state index contributed by atoms with van der Waals surface area (Å²) in [6, 6.07) is 15.1. The van der Waals surface area contributed by atoms with Crippen molar-refractivity contribution in [3.05, 3.63) is 98.8 Å². The van der Waals surface area contributed by atoms with Crippen LogP contribution in [-0.4, -0.2) is 40.7 Å². The van der Waals surface area contributed by atoms with Crippen LogP contribution in [0.4, 0.5) is 10.2 Å². The van der Waals surface area contributed by atoms with Crippen LogP contribution in [-0.2, 0) is 6.42 Å². The fraction of sp³-hybridized carbons (Fsp3) is 0.207. The first-order chi connectivity index (χ1) is 18.4. The molecule has 4 rings (SSSR count). The van der Waals surface area contributed by atoms with E-state index in [1.165, 1.54) is 18.3 Å². The number of halogens is 1. The van der Waals surface area contributed by atoms with Gasteiger partial charge in [-0.2, -0.15) is 10.4 Å². The van der Waals surface area contributed by atoms with Gasteiger partial charge in [0.2, 0.25) is 0 Å². The Morgan fingerprint density at radius 2 is 1.95 bits per heavy atom. The third-order valence-corrected chi connectivity index (χ3v) is 6.03. The zero-order chi connectivity index (χ0) is 27.1. The Kier molecular flexibility index (Phi) is 8.10. The summed E-state index contributed by atoms with van der Waals surface area (Å²) in [4.78, 5) is 31.3. The van der Waals surface area contributed by atoms with Gasteiger partial charge in [0.25, 0.3) is 11.5 Å².